The fraction of sp³-hybridized carbons (Fsp3) is 0.294. The molecule has 1 aromatic heterocycles. The molecule has 0 unspecified atom stereocenters. The minimum Gasteiger partial charge on any atom is -0.299 e. The number of aryl methyl sites for hydroxylation is 3. The van der Waals surface area contributed by atoms with E-state index in [2.05, 4.69) is 37.0 Å². The van der Waals surface area contributed by atoms with Crippen LogP contribution in [0.5, 0.6) is 0 Å². The molecular weight excluding hydrogens is 234 g/mol. The lowest BCUT2D eigenvalue weighted by molar-refractivity contribution is -0.118. The van der Waals surface area contributed by atoms with Gasteiger partial charge in [0.25, 0.3) is 0 Å². The van der Waals surface area contributed by atoms with Crippen LogP contribution in [0, 0.1) is 13.8 Å². The maximum absolute atomic E-state index is 12.0. The van der Waals surface area contributed by atoms with E-state index in [1.54, 1.807) is 6.20 Å². The Labute approximate surface area is 114 Å². The van der Waals surface area contributed by atoms with E-state index in [0.717, 1.165) is 17.5 Å². The smallest absolute Gasteiger partial charge is 0.137 e. The molecule has 19 heavy (non-hydrogen) atoms. The van der Waals surface area contributed by atoms with E-state index in [0.29, 0.717) is 12.8 Å². The first kappa shape index (κ1) is 13.5. The minimum atomic E-state index is 0.286. The number of Topliss-reactive ketones (excluding diaryl/α,β-unsaturated/α-hetero) is 1. The average molecular weight is 253 g/mol. The Morgan fingerprint density at radius 2 is 1.84 bits per heavy atom. The van der Waals surface area contributed by atoms with Gasteiger partial charge in [-0.15, -0.1) is 0 Å². The summed E-state index contributed by atoms with van der Waals surface area (Å²) in [5.74, 6) is 0.286. The SMILES string of the molecule is Cc1cc(C)cc(CC(=O)CCc2cccnc2)c1. The molecule has 0 spiro atoms. The van der Waals surface area contributed by atoms with Crippen molar-refractivity contribution in [3.8, 4) is 0 Å². The van der Waals surface area contributed by atoms with Gasteiger partial charge in [-0.05, 0) is 37.5 Å². The van der Waals surface area contributed by atoms with Crippen LogP contribution < -0.4 is 0 Å². The van der Waals surface area contributed by atoms with Crippen LogP contribution in [0.25, 0.3) is 0 Å². The molecule has 0 bridgehead atoms. The van der Waals surface area contributed by atoms with Crippen molar-refractivity contribution in [1.29, 1.82) is 0 Å². The second-order valence-electron chi connectivity index (χ2n) is 5.07. The van der Waals surface area contributed by atoms with E-state index in [9.17, 15) is 4.79 Å². The van der Waals surface area contributed by atoms with E-state index in [1.165, 1.54) is 11.1 Å². The highest BCUT2D eigenvalue weighted by Gasteiger charge is 2.05. The first-order valence-electron chi connectivity index (χ1n) is 6.61. The quantitative estimate of drug-likeness (QED) is 0.817. The third kappa shape index (κ3) is 4.32. The number of hydrogen-bond acceptors (Lipinski definition) is 2. The number of ketones is 1. The Morgan fingerprint density at radius 3 is 2.47 bits per heavy atom. The predicted molar refractivity (Wildman–Crippen MR) is 77.2 cm³/mol. The van der Waals surface area contributed by atoms with Crippen LogP contribution in [0.15, 0.2) is 42.7 Å². The number of rotatable bonds is 5. The van der Waals surface area contributed by atoms with Crippen LogP contribution in [-0.2, 0) is 17.6 Å². The standard InChI is InChI=1S/C17H19NO/c1-13-8-14(2)10-16(9-13)11-17(19)6-5-15-4-3-7-18-12-15/h3-4,7-10,12H,5-6,11H2,1-2H3. The van der Waals surface area contributed by atoms with Gasteiger partial charge in [-0.3, -0.25) is 9.78 Å². The zero-order chi connectivity index (χ0) is 13.7. The number of aromatic nitrogens is 1. The van der Waals surface area contributed by atoms with Crippen LogP contribution in [-0.4, -0.2) is 10.8 Å². The molecule has 0 saturated carbocycles. The monoisotopic (exact) mass is 253 g/mol. The molecule has 98 valence electrons. The maximum Gasteiger partial charge on any atom is 0.137 e. The summed E-state index contributed by atoms with van der Waals surface area (Å²) < 4.78 is 0. The molecule has 2 rings (SSSR count). The summed E-state index contributed by atoms with van der Waals surface area (Å²) in [7, 11) is 0. The number of carbonyl (C=O) groups excluding carboxylic acids is 1. The Morgan fingerprint density at radius 1 is 1.11 bits per heavy atom. The molecule has 0 atom stereocenters. The zero-order valence-corrected chi connectivity index (χ0v) is 11.5. The second-order valence-corrected chi connectivity index (χ2v) is 5.07. The first-order valence-corrected chi connectivity index (χ1v) is 6.61. The Kier molecular flexibility index (Phi) is 4.45. The van der Waals surface area contributed by atoms with Crippen molar-refractivity contribution < 1.29 is 4.79 Å². The lowest BCUT2D eigenvalue weighted by atomic mass is 10.0. The summed E-state index contributed by atoms with van der Waals surface area (Å²) >= 11 is 0. The molecule has 0 aliphatic heterocycles. The molecule has 2 aromatic rings. The van der Waals surface area contributed by atoms with Crippen molar-refractivity contribution in [2.75, 3.05) is 0 Å². The second kappa shape index (κ2) is 6.28. The average Bonchev–Trinajstić information content (AvgIpc) is 2.36. The van der Waals surface area contributed by atoms with Crippen molar-refractivity contribution >= 4 is 5.78 Å². The van der Waals surface area contributed by atoms with Crippen molar-refractivity contribution in [3.63, 3.8) is 0 Å². The Hall–Kier alpha value is -1.96. The van der Waals surface area contributed by atoms with E-state index in [-0.39, 0.29) is 5.78 Å². The van der Waals surface area contributed by atoms with E-state index >= 15 is 0 Å². The first-order chi connectivity index (χ1) is 9.13. The van der Waals surface area contributed by atoms with Gasteiger partial charge in [-0.1, -0.05) is 35.4 Å². The molecule has 1 heterocycles. The zero-order valence-electron chi connectivity index (χ0n) is 11.5. The fourth-order valence-electron chi connectivity index (χ4n) is 2.32. The van der Waals surface area contributed by atoms with Crippen molar-refractivity contribution in [3.05, 3.63) is 65.0 Å². The molecule has 2 heteroatoms. The Bertz CT molecular complexity index is 540. The van der Waals surface area contributed by atoms with Gasteiger partial charge < -0.3 is 0 Å². The summed E-state index contributed by atoms with van der Waals surface area (Å²) in [6.45, 7) is 4.13. The molecular formula is C17H19NO. The number of carbonyl (C=O) groups is 1. The molecule has 1 aromatic carbocycles. The minimum absolute atomic E-state index is 0.286. The predicted octanol–water partition coefficient (Wildman–Crippen LogP) is 3.44. The molecule has 0 N–H and O–H groups in total. The third-order valence-electron chi connectivity index (χ3n) is 3.10. The normalized spacial score (nSPS) is 10.4. The van der Waals surface area contributed by atoms with Crippen LogP contribution in [0.3, 0.4) is 0 Å². The third-order valence-corrected chi connectivity index (χ3v) is 3.10. The van der Waals surface area contributed by atoms with Crippen molar-refractivity contribution in [1.82, 2.24) is 4.98 Å². The highest BCUT2D eigenvalue weighted by atomic mass is 16.1. The lowest BCUT2D eigenvalue weighted by Gasteiger charge is -2.05. The molecule has 0 fully saturated rings. The van der Waals surface area contributed by atoms with Crippen LogP contribution in [0.4, 0.5) is 0 Å². The molecule has 0 amide bonds. The summed E-state index contributed by atoms with van der Waals surface area (Å²) in [6, 6.07) is 10.2. The summed E-state index contributed by atoms with van der Waals surface area (Å²) in [5, 5.41) is 0. The number of hydrogen-bond donors (Lipinski definition) is 0. The van der Waals surface area contributed by atoms with E-state index in [4.69, 9.17) is 0 Å². The fourth-order valence-corrected chi connectivity index (χ4v) is 2.32. The number of benzene rings is 1. The van der Waals surface area contributed by atoms with Crippen LogP contribution >= 0.6 is 0 Å². The largest absolute Gasteiger partial charge is 0.299 e. The van der Waals surface area contributed by atoms with Gasteiger partial charge in [0, 0.05) is 25.2 Å². The highest BCUT2D eigenvalue weighted by molar-refractivity contribution is 5.81. The highest BCUT2D eigenvalue weighted by Crippen LogP contribution is 2.11. The van der Waals surface area contributed by atoms with Crippen LogP contribution in [0.2, 0.25) is 0 Å². The lowest BCUT2D eigenvalue weighted by Crippen LogP contribution is -2.05. The Balaban J connectivity index is 1.91. The van der Waals surface area contributed by atoms with Gasteiger partial charge in [0.1, 0.15) is 5.78 Å². The van der Waals surface area contributed by atoms with Gasteiger partial charge >= 0.3 is 0 Å². The molecule has 0 saturated heterocycles. The number of pyridine rings is 1. The van der Waals surface area contributed by atoms with Gasteiger partial charge in [0.05, 0.1) is 0 Å². The van der Waals surface area contributed by atoms with Gasteiger partial charge in [-0.2, -0.15) is 0 Å². The van der Waals surface area contributed by atoms with Gasteiger partial charge in [0.2, 0.25) is 0 Å². The van der Waals surface area contributed by atoms with Gasteiger partial charge in [0.15, 0.2) is 0 Å². The van der Waals surface area contributed by atoms with Crippen LogP contribution in [0.1, 0.15) is 28.7 Å². The molecule has 2 nitrogen and oxygen atoms in total. The number of nitrogens with zero attached hydrogens (tertiary/aromatic N) is 1. The summed E-state index contributed by atoms with van der Waals surface area (Å²) in [4.78, 5) is 16.0. The maximum atomic E-state index is 12.0. The van der Waals surface area contributed by atoms with E-state index < -0.39 is 0 Å². The molecule has 0 aliphatic carbocycles. The summed E-state index contributed by atoms with van der Waals surface area (Å²) in [5.41, 5.74) is 4.68. The van der Waals surface area contributed by atoms with E-state index in [1.807, 2.05) is 18.3 Å². The summed E-state index contributed by atoms with van der Waals surface area (Å²) in [6.07, 6.45) is 5.46. The van der Waals surface area contributed by atoms with Crippen molar-refractivity contribution in [2.45, 2.75) is 33.1 Å². The topological polar surface area (TPSA) is 30.0 Å². The molecule has 0 radical (unpaired) electrons. The van der Waals surface area contributed by atoms with Crippen molar-refractivity contribution in [2.24, 2.45) is 0 Å². The molecule has 0 aliphatic rings. The van der Waals surface area contributed by atoms with Gasteiger partial charge in [-0.25, -0.2) is 0 Å².